The quantitative estimate of drug-likeness (QED) is 0.561. The Kier molecular flexibility index (Phi) is 6.96. The minimum absolute atomic E-state index is 0.00275. The molecule has 1 aromatic heterocycles. The highest BCUT2D eigenvalue weighted by atomic mass is 32.2. The fourth-order valence-electron chi connectivity index (χ4n) is 4.82. The summed E-state index contributed by atoms with van der Waals surface area (Å²) >= 11 is 0. The summed E-state index contributed by atoms with van der Waals surface area (Å²) in [7, 11) is -3.61. The Morgan fingerprint density at radius 3 is 2.53 bits per heavy atom. The van der Waals surface area contributed by atoms with Crippen LogP contribution < -0.4 is 4.90 Å². The molecule has 9 heteroatoms. The van der Waals surface area contributed by atoms with Crippen LogP contribution in [0.25, 0.3) is 0 Å². The van der Waals surface area contributed by atoms with Crippen molar-refractivity contribution in [2.75, 3.05) is 37.7 Å². The molecule has 0 aliphatic carbocycles. The Morgan fingerprint density at radius 2 is 1.76 bits per heavy atom. The number of nitrogens with one attached hydrogen (secondary N) is 1. The molecule has 1 N–H and O–H groups in total. The molecule has 2 aliphatic heterocycles. The van der Waals surface area contributed by atoms with Crippen LogP contribution in [0.4, 0.5) is 5.69 Å². The molecule has 1 fully saturated rings. The predicted octanol–water partition coefficient (Wildman–Crippen LogP) is 2.81. The van der Waals surface area contributed by atoms with Crippen LogP contribution in [0.1, 0.15) is 23.2 Å². The molecule has 3 heterocycles. The van der Waals surface area contributed by atoms with Gasteiger partial charge in [-0.2, -0.15) is 17.0 Å². The minimum Gasteiger partial charge on any atom is -0.379 e. The fraction of sp³-hybridized carbons (Fsp3) is 0.400. The van der Waals surface area contributed by atoms with E-state index in [0.29, 0.717) is 45.9 Å². The van der Waals surface area contributed by atoms with Crippen molar-refractivity contribution in [1.82, 2.24) is 18.6 Å². The summed E-state index contributed by atoms with van der Waals surface area (Å²) in [5.41, 5.74) is 4.35. The Labute approximate surface area is 201 Å². The van der Waals surface area contributed by atoms with Gasteiger partial charge in [-0.05, 0) is 30.0 Å². The highest BCUT2D eigenvalue weighted by Crippen LogP contribution is 2.32. The van der Waals surface area contributed by atoms with Gasteiger partial charge in [-0.3, -0.25) is 0 Å². The molecule has 0 bridgehead atoms. The Balaban J connectivity index is 1.49. The van der Waals surface area contributed by atoms with Crippen LogP contribution in [0.2, 0.25) is 0 Å². The number of aromatic nitrogens is 2. The number of imidazole rings is 1. The number of nitrogens with zero attached hydrogens (tertiary/aromatic N) is 4. The number of fused-ring (bicyclic) bond motifs is 1. The lowest BCUT2D eigenvalue weighted by molar-refractivity contribution is 0.0699. The van der Waals surface area contributed by atoms with E-state index in [4.69, 9.17) is 4.74 Å². The Hall–Kier alpha value is -2.72. The summed E-state index contributed by atoms with van der Waals surface area (Å²) in [6.07, 6.45) is 5.23. The van der Waals surface area contributed by atoms with Gasteiger partial charge in [0.25, 0.3) is 10.2 Å². The van der Waals surface area contributed by atoms with E-state index >= 15 is 0 Å². The van der Waals surface area contributed by atoms with Gasteiger partial charge in [-0.25, -0.2) is 4.98 Å². The van der Waals surface area contributed by atoms with Crippen molar-refractivity contribution in [3.8, 4) is 0 Å². The second-order valence-electron chi connectivity index (χ2n) is 8.82. The molecular formula is C25H31N5O3S. The highest BCUT2D eigenvalue weighted by molar-refractivity contribution is 7.86. The van der Waals surface area contributed by atoms with Crippen molar-refractivity contribution in [2.45, 2.75) is 32.0 Å². The zero-order chi connectivity index (χ0) is 23.4. The summed E-state index contributed by atoms with van der Waals surface area (Å²) in [6, 6.07) is 18.5. The molecule has 3 aromatic rings. The first-order valence-corrected chi connectivity index (χ1v) is 13.2. The summed E-state index contributed by atoms with van der Waals surface area (Å²) in [5, 5.41) is 0. The number of ether oxygens (including phenoxy) is 1. The average molecular weight is 482 g/mol. The number of para-hydroxylation sites is 1. The number of benzene rings is 2. The van der Waals surface area contributed by atoms with E-state index < -0.39 is 10.2 Å². The molecule has 1 atom stereocenters. The van der Waals surface area contributed by atoms with E-state index in [0.717, 1.165) is 29.8 Å². The maximum atomic E-state index is 13.7. The van der Waals surface area contributed by atoms with Gasteiger partial charge in [0.05, 0.1) is 31.8 Å². The van der Waals surface area contributed by atoms with Crippen molar-refractivity contribution < 1.29 is 13.2 Å². The van der Waals surface area contributed by atoms with E-state index in [1.54, 1.807) is 14.9 Å². The van der Waals surface area contributed by atoms with Crippen molar-refractivity contribution in [2.24, 2.45) is 0 Å². The number of hydrogen-bond donors (Lipinski definition) is 1. The van der Waals surface area contributed by atoms with Gasteiger partial charge in [-0.1, -0.05) is 48.5 Å². The predicted molar refractivity (Wildman–Crippen MR) is 131 cm³/mol. The maximum absolute atomic E-state index is 13.7. The molecule has 0 spiro atoms. The molecule has 34 heavy (non-hydrogen) atoms. The third-order valence-electron chi connectivity index (χ3n) is 6.63. The molecule has 5 rings (SSSR count). The lowest BCUT2D eigenvalue weighted by Gasteiger charge is -2.35. The first-order valence-electron chi connectivity index (χ1n) is 11.8. The SMILES string of the molecule is O=S(=O)(N1CCOCC1)N1Cc2ccccc2N(Cc2cnc[nH]2)[C@H](CCc2ccccc2)C1. The third kappa shape index (κ3) is 5.02. The van der Waals surface area contributed by atoms with Crippen LogP contribution >= 0.6 is 0 Å². The smallest absolute Gasteiger partial charge is 0.282 e. The molecule has 0 saturated carbocycles. The van der Waals surface area contributed by atoms with Crippen molar-refractivity contribution in [1.29, 1.82) is 0 Å². The molecule has 2 aliphatic rings. The maximum Gasteiger partial charge on any atom is 0.282 e. The normalized spacial score (nSPS) is 20.1. The number of rotatable bonds is 7. The second kappa shape index (κ2) is 10.3. The van der Waals surface area contributed by atoms with E-state index in [9.17, 15) is 8.42 Å². The van der Waals surface area contributed by atoms with Gasteiger partial charge in [-0.15, -0.1) is 0 Å². The Bertz CT molecular complexity index is 1160. The molecule has 180 valence electrons. The zero-order valence-electron chi connectivity index (χ0n) is 19.2. The summed E-state index contributed by atoms with van der Waals surface area (Å²) < 4.78 is 36.1. The monoisotopic (exact) mass is 481 g/mol. The molecule has 1 saturated heterocycles. The average Bonchev–Trinajstić information content (AvgIpc) is 3.33. The van der Waals surface area contributed by atoms with Crippen LogP contribution in [0, 0.1) is 0 Å². The van der Waals surface area contributed by atoms with Gasteiger partial charge >= 0.3 is 0 Å². The van der Waals surface area contributed by atoms with Gasteiger partial charge in [0.2, 0.25) is 0 Å². The number of anilines is 1. The summed E-state index contributed by atoms with van der Waals surface area (Å²) in [5.74, 6) is 0. The summed E-state index contributed by atoms with van der Waals surface area (Å²) in [6.45, 7) is 3.09. The zero-order valence-corrected chi connectivity index (χ0v) is 20.0. The standard InChI is InChI=1S/C25H31N5O3S/c31-34(32,28-12-14-33-15-13-28)29-17-22-8-4-5-9-25(22)30(18-23-16-26-20-27-23)24(19-29)11-10-21-6-2-1-3-7-21/h1-9,16,20,24H,10-15,17-19H2,(H,26,27)/t24-/m1/s1. The number of hydrogen-bond acceptors (Lipinski definition) is 5. The van der Waals surface area contributed by atoms with Gasteiger partial charge in [0.1, 0.15) is 0 Å². The lowest BCUT2D eigenvalue weighted by atomic mass is 10.0. The van der Waals surface area contributed by atoms with E-state index in [-0.39, 0.29) is 6.04 Å². The van der Waals surface area contributed by atoms with Gasteiger partial charge in [0, 0.05) is 44.1 Å². The molecular weight excluding hydrogens is 450 g/mol. The first kappa shape index (κ1) is 23.0. The summed E-state index contributed by atoms with van der Waals surface area (Å²) in [4.78, 5) is 9.76. The number of H-pyrrole nitrogens is 1. The van der Waals surface area contributed by atoms with Crippen molar-refractivity contribution in [3.63, 3.8) is 0 Å². The largest absolute Gasteiger partial charge is 0.379 e. The third-order valence-corrected chi connectivity index (χ3v) is 8.58. The number of aryl methyl sites for hydroxylation is 1. The molecule has 0 radical (unpaired) electrons. The molecule has 0 unspecified atom stereocenters. The van der Waals surface area contributed by atoms with Gasteiger partial charge in [0.15, 0.2) is 0 Å². The minimum atomic E-state index is -3.61. The first-order chi connectivity index (χ1) is 16.6. The number of aromatic amines is 1. The van der Waals surface area contributed by atoms with E-state index in [1.165, 1.54) is 5.56 Å². The molecule has 8 nitrogen and oxygen atoms in total. The molecule has 0 amide bonds. The van der Waals surface area contributed by atoms with Crippen LogP contribution in [-0.4, -0.2) is 65.9 Å². The van der Waals surface area contributed by atoms with E-state index in [2.05, 4.69) is 45.2 Å². The van der Waals surface area contributed by atoms with Crippen LogP contribution in [0.5, 0.6) is 0 Å². The van der Waals surface area contributed by atoms with Crippen LogP contribution in [0.15, 0.2) is 67.1 Å². The topological polar surface area (TPSA) is 81.8 Å². The lowest BCUT2D eigenvalue weighted by Crippen LogP contribution is -2.51. The Morgan fingerprint density at radius 1 is 1.00 bits per heavy atom. The van der Waals surface area contributed by atoms with Crippen LogP contribution in [-0.2, 0) is 34.5 Å². The molecule has 2 aromatic carbocycles. The van der Waals surface area contributed by atoms with Gasteiger partial charge < -0.3 is 14.6 Å². The van der Waals surface area contributed by atoms with Crippen LogP contribution in [0.3, 0.4) is 0 Å². The fourth-order valence-corrected chi connectivity index (χ4v) is 6.42. The second-order valence-corrected chi connectivity index (χ2v) is 10.8. The van der Waals surface area contributed by atoms with Crippen molar-refractivity contribution >= 4 is 15.9 Å². The number of morpholine rings is 1. The highest BCUT2D eigenvalue weighted by Gasteiger charge is 2.37. The van der Waals surface area contributed by atoms with Crippen molar-refractivity contribution in [3.05, 3.63) is 83.9 Å². The van der Waals surface area contributed by atoms with E-state index in [1.807, 2.05) is 30.5 Å².